The largest absolute Gasteiger partial charge is 0.301 e. The molecule has 0 fully saturated rings. The molecule has 0 radical (unpaired) electrons. The zero-order valence-corrected chi connectivity index (χ0v) is 12.4. The van der Waals surface area contributed by atoms with Crippen molar-refractivity contribution in [2.45, 2.75) is 23.4 Å². The van der Waals surface area contributed by atoms with Crippen LogP contribution in [0.1, 0.15) is 24.5 Å². The zero-order chi connectivity index (χ0) is 14.4. The number of benzene rings is 1. The first-order valence-electron chi connectivity index (χ1n) is 5.97. The fraction of sp³-hybridized carbons (Fsp3) is 0.231. The van der Waals surface area contributed by atoms with E-state index in [-0.39, 0.29) is 5.91 Å². The Kier molecular flexibility index (Phi) is 5.09. The van der Waals surface area contributed by atoms with Crippen molar-refractivity contribution in [3.8, 4) is 6.07 Å². The van der Waals surface area contributed by atoms with Crippen molar-refractivity contribution in [3.05, 3.63) is 35.4 Å². The summed E-state index contributed by atoms with van der Waals surface area (Å²) < 4.78 is 0.768. The average Bonchev–Trinajstić information content (AvgIpc) is 2.92. The standard InChI is InChI=1S/C13H12N4OS2/c1-2-11(18)15-12-16-17-13(20-12)19-8-10-6-4-3-5-9(10)7-14/h3-6H,2,8H2,1H3,(H,15,16,18). The molecule has 1 aromatic heterocycles. The molecular formula is C13H12N4OS2. The summed E-state index contributed by atoms with van der Waals surface area (Å²) in [5.41, 5.74) is 1.64. The van der Waals surface area contributed by atoms with Crippen molar-refractivity contribution in [1.29, 1.82) is 5.26 Å². The van der Waals surface area contributed by atoms with Gasteiger partial charge < -0.3 is 5.32 Å². The predicted octanol–water partition coefficient (Wildman–Crippen LogP) is 3.05. The number of thioether (sulfide) groups is 1. The molecule has 0 spiro atoms. The van der Waals surface area contributed by atoms with E-state index in [2.05, 4.69) is 21.6 Å². The fourth-order valence-electron chi connectivity index (χ4n) is 1.42. The van der Waals surface area contributed by atoms with Gasteiger partial charge in [0.25, 0.3) is 0 Å². The molecule has 0 saturated heterocycles. The molecule has 0 saturated carbocycles. The molecule has 2 aromatic rings. The van der Waals surface area contributed by atoms with Crippen LogP contribution in [0.4, 0.5) is 5.13 Å². The minimum absolute atomic E-state index is 0.0764. The number of nitrogens with zero attached hydrogens (tertiary/aromatic N) is 3. The molecule has 0 aliphatic heterocycles. The molecule has 1 N–H and O–H groups in total. The van der Waals surface area contributed by atoms with E-state index in [1.165, 1.54) is 23.1 Å². The molecule has 20 heavy (non-hydrogen) atoms. The number of aromatic nitrogens is 2. The number of hydrogen-bond donors (Lipinski definition) is 1. The highest BCUT2D eigenvalue weighted by Gasteiger charge is 2.08. The molecule has 0 aliphatic carbocycles. The van der Waals surface area contributed by atoms with Crippen LogP contribution in [0.3, 0.4) is 0 Å². The van der Waals surface area contributed by atoms with Crippen LogP contribution in [0.5, 0.6) is 0 Å². The van der Waals surface area contributed by atoms with Gasteiger partial charge >= 0.3 is 0 Å². The van der Waals surface area contributed by atoms with Gasteiger partial charge in [0, 0.05) is 12.2 Å². The predicted molar refractivity (Wildman–Crippen MR) is 79.5 cm³/mol. The second-order valence-corrected chi connectivity index (χ2v) is 6.03. The molecule has 7 heteroatoms. The lowest BCUT2D eigenvalue weighted by molar-refractivity contribution is -0.115. The Hall–Kier alpha value is -1.91. The van der Waals surface area contributed by atoms with Gasteiger partial charge in [0.05, 0.1) is 11.6 Å². The third-order valence-electron chi connectivity index (χ3n) is 2.46. The summed E-state index contributed by atoms with van der Waals surface area (Å²) in [5, 5.41) is 20.1. The molecule has 0 bridgehead atoms. The van der Waals surface area contributed by atoms with E-state index < -0.39 is 0 Å². The van der Waals surface area contributed by atoms with Gasteiger partial charge in [0.15, 0.2) is 4.34 Å². The van der Waals surface area contributed by atoms with E-state index in [4.69, 9.17) is 5.26 Å². The van der Waals surface area contributed by atoms with E-state index in [9.17, 15) is 4.79 Å². The maximum Gasteiger partial charge on any atom is 0.225 e. The highest BCUT2D eigenvalue weighted by atomic mass is 32.2. The van der Waals surface area contributed by atoms with Gasteiger partial charge in [-0.05, 0) is 11.6 Å². The van der Waals surface area contributed by atoms with E-state index in [1.807, 2.05) is 18.2 Å². The van der Waals surface area contributed by atoms with Crippen LogP contribution in [0, 0.1) is 11.3 Å². The summed E-state index contributed by atoms with van der Waals surface area (Å²) in [6.07, 6.45) is 0.414. The SMILES string of the molecule is CCC(=O)Nc1nnc(SCc2ccccc2C#N)s1. The van der Waals surface area contributed by atoms with Crippen LogP contribution in [0.25, 0.3) is 0 Å². The van der Waals surface area contributed by atoms with Crippen molar-refractivity contribution in [1.82, 2.24) is 10.2 Å². The number of carbonyl (C=O) groups is 1. The summed E-state index contributed by atoms with van der Waals surface area (Å²) in [7, 11) is 0. The van der Waals surface area contributed by atoms with Gasteiger partial charge in [-0.2, -0.15) is 5.26 Å². The van der Waals surface area contributed by atoms with Crippen LogP contribution in [-0.4, -0.2) is 16.1 Å². The Bertz CT molecular complexity index is 648. The lowest BCUT2D eigenvalue weighted by Gasteiger charge is -2.00. The first kappa shape index (κ1) is 14.5. The number of nitriles is 1. The summed E-state index contributed by atoms with van der Waals surface area (Å²) >= 11 is 2.84. The van der Waals surface area contributed by atoms with Crippen molar-refractivity contribution in [2.24, 2.45) is 0 Å². The van der Waals surface area contributed by atoms with E-state index >= 15 is 0 Å². The van der Waals surface area contributed by atoms with Crippen LogP contribution in [0.15, 0.2) is 28.6 Å². The summed E-state index contributed by atoms with van der Waals surface area (Å²) in [4.78, 5) is 11.2. The molecular weight excluding hydrogens is 292 g/mol. The second kappa shape index (κ2) is 7.03. The van der Waals surface area contributed by atoms with E-state index in [1.54, 1.807) is 13.0 Å². The van der Waals surface area contributed by atoms with Gasteiger partial charge in [0.2, 0.25) is 11.0 Å². The van der Waals surface area contributed by atoms with Crippen LogP contribution in [-0.2, 0) is 10.5 Å². The molecule has 5 nitrogen and oxygen atoms in total. The molecule has 2 rings (SSSR count). The van der Waals surface area contributed by atoms with Crippen molar-refractivity contribution < 1.29 is 4.79 Å². The van der Waals surface area contributed by atoms with E-state index in [0.29, 0.717) is 22.9 Å². The molecule has 1 heterocycles. The number of amides is 1. The number of rotatable bonds is 5. The van der Waals surface area contributed by atoms with Crippen molar-refractivity contribution in [2.75, 3.05) is 5.32 Å². The average molecular weight is 304 g/mol. The second-order valence-electron chi connectivity index (χ2n) is 3.83. The highest BCUT2D eigenvalue weighted by Crippen LogP contribution is 2.29. The highest BCUT2D eigenvalue weighted by molar-refractivity contribution is 8.00. The van der Waals surface area contributed by atoms with Gasteiger partial charge in [-0.25, -0.2) is 0 Å². The number of anilines is 1. The first-order chi connectivity index (χ1) is 9.72. The Morgan fingerprint density at radius 3 is 3.00 bits per heavy atom. The lowest BCUT2D eigenvalue weighted by Crippen LogP contribution is -2.08. The third-order valence-corrected chi connectivity index (χ3v) is 4.48. The fourth-order valence-corrected chi connectivity index (χ4v) is 3.19. The van der Waals surface area contributed by atoms with Gasteiger partial charge in [-0.3, -0.25) is 4.79 Å². The molecule has 1 aromatic carbocycles. The molecule has 0 unspecified atom stereocenters. The minimum atomic E-state index is -0.0764. The Morgan fingerprint density at radius 1 is 1.45 bits per heavy atom. The summed E-state index contributed by atoms with van der Waals surface area (Å²) in [5.74, 6) is 0.577. The maximum atomic E-state index is 11.2. The Labute approximate surface area is 125 Å². The van der Waals surface area contributed by atoms with Crippen molar-refractivity contribution >= 4 is 34.1 Å². The quantitative estimate of drug-likeness (QED) is 0.678. The smallest absolute Gasteiger partial charge is 0.225 e. The van der Waals surface area contributed by atoms with Crippen molar-refractivity contribution in [3.63, 3.8) is 0 Å². The number of hydrogen-bond acceptors (Lipinski definition) is 6. The van der Waals surface area contributed by atoms with Crippen LogP contribution in [0.2, 0.25) is 0 Å². The van der Waals surface area contributed by atoms with Crippen LogP contribution >= 0.6 is 23.1 Å². The third kappa shape index (κ3) is 3.79. The maximum absolute atomic E-state index is 11.2. The molecule has 1 amide bonds. The monoisotopic (exact) mass is 304 g/mol. The van der Waals surface area contributed by atoms with Gasteiger partial charge in [-0.15, -0.1) is 10.2 Å². The van der Waals surface area contributed by atoms with Gasteiger partial charge in [-0.1, -0.05) is 48.2 Å². The summed E-state index contributed by atoms with van der Waals surface area (Å²) in [6, 6.07) is 9.64. The molecule has 102 valence electrons. The Balaban J connectivity index is 1.98. The number of carbonyl (C=O) groups excluding carboxylic acids is 1. The first-order valence-corrected chi connectivity index (χ1v) is 7.77. The molecule has 0 aliphatic rings. The minimum Gasteiger partial charge on any atom is -0.301 e. The molecule has 0 atom stereocenters. The van der Waals surface area contributed by atoms with E-state index in [0.717, 1.165) is 9.90 Å². The number of nitrogens with one attached hydrogen (secondary N) is 1. The van der Waals surface area contributed by atoms with Crippen LogP contribution < -0.4 is 5.32 Å². The summed E-state index contributed by atoms with van der Waals surface area (Å²) in [6.45, 7) is 1.78. The zero-order valence-electron chi connectivity index (χ0n) is 10.8. The normalized spacial score (nSPS) is 10.0. The lowest BCUT2D eigenvalue weighted by atomic mass is 10.1. The topological polar surface area (TPSA) is 78.7 Å². The van der Waals surface area contributed by atoms with Gasteiger partial charge in [0.1, 0.15) is 0 Å². The Morgan fingerprint density at radius 2 is 2.25 bits per heavy atom.